The summed E-state index contributed by atoms with van der Waals surface area (Å²) in [5.41, 5.74) is 4.01. The predicted molar refractivity (Wildman–Crippen MR) is 103 cm³/mol. The van der Waals surface area contributed by atoms with Crippen molar-refractivity contribution in [3.8, 4) is 5.75 Å². The standard InChI is InChI=1S/C22H38O/c1-19(2,3)15-13-16(20(4,5)6)18(23-22(10,11)12)17(14-15)21(7,8)9/h13-14H,1-12H3. The molecule has 0 amide bonds. The molecule has 0 aliphatic carbocycles. The van der Waals surface area contributed by atoms with Crippen molar-refractivity contribution in [2.75, 3.05) is 0 Å². The van der Waals surface area contributed by atoms with Crippen LogP contribution >= 0.6 is 0 Å². The summed E-state index contributed by atoms with van der Waals surface area (Å²) in [7, 11) is 0. The van der Waals surface area contributed by atoms with Gasteiger partial charge < -0.3 is 4.74 Å². The second-order valence-electron chi connectivity index (χ2n) is 10.9. The van der Waals surface area contributed by atoms with Gasteiger partial charge in [0.2, 0.25) is 0 Å². The second-order valence-corrected chi connectivity index (χ2v) is 10.9. The Kier molecular flexibility index (Phi) is 5.08. The Morgan fingerprint density at radius 1 is 0.565 bits per heavy atom. The lowest BCUT2D eigenvalue weighted by atomic mass is 9.74. The largest absolute Gasteiger partial charge is 0.488 e. The van der Waals surface area contributed by atoms with E-state index in [0.29, 0.717) is 0 Å². The summed E-state index contributed by atoms with van der Waals surface area (Å²) in [5.74, 6) is 1.07. The molecule has 0 radical (unpaired) electrons. The van der Waals surface area contributed by atoms with Gasteiger partial charge in [-0.3, -0.25) is 0 Å². The molecule has 1 rings (SSSR count). The molecular weight excluding hydrogens is 280 g/mol. The summed E-state index contributed by atoms with van der Waals surface area (Å²) >= 11 is 0. The molecule has 0 fully saturated rings. The predicted octanol–water partition coefficient (Wildman–Crippen LogP) is 6.76. The molecular formula is C22H38O. The molecule has 0 unspecified atom stereocenters. The van der Waals surface area contributed by atoms with Crippen molar-refractivity contribution < 1.29 is 4.74 Å². The van der Waals surface area contributed by atoms with Gasteiger partial charge in [0.1, 0.15) is 11.4 Å². The summed E-state index contributed by atoms with van der Waals surface area (Å²) in [4.78, 5) is 0. The Bertz CT molecular complexity index is 517. The SMILES string of the molecule is CC(C)(C)Oc1c(C(C)(C)C)cc(C(C)(C)C)cc1C(C)(C)C. The van der Waals surface area contributed by atoms with Gasteiger partial charge in [-0.05, 0) is 42.6 Å². The van der Waals surface area contributed by atoms with E-state index in [0.717, 1.165) is 5.75 Å². The van der Waals surface area contributed by atoms with Crippen LogP contribution < -0.4 is 4.74 Å². The van der Waals surface area contributed by atoms with Gasteiger partial charge in [0.25, 0.3) is 0 Å². The first-order valence-electron chi connectivity index (χ1n) is 8.81. The van der Waals surface area contributed by atoms with Gasteiger partial charge in [-0.25, -0.2) is 0 Å². The smallest absolute Gasteiger partial charge is 0.127 e. The van der Waals surface area contributed by atoms with Crippen molar-refractivity contribution in [1.29, 1.82) is 0 Å². The van der Waals surface area contributed by atoms with Crippen LogP contribution in [-0.2, 0) is 16.2 Å². The molecule has 132 valence electrons. The Morgan fingerprint density at radius 3 is 1.13 bits per heavy atom. The Hall–Kier alpha value is -0.980. The molecule has 1 nitrogen and oxygen atoms in total. The second kappa shape index (κ2) is 5.83. The third kappa shape index (κ3) is 5.26. The fourth-order valence-electron chi connectivity index (χ4n) is 2.59. The van der Waals surface area contributed by atoms with Gasteiger partial charge >= 0.3 is 0 Å². The van der Waals surface area contributed by atoms with E-state index >= 15 is 0 Å². The fourth-order valence-corrected chi connectivity index (χ4v) is 2.59. The highest BCUT2D eigenvalue weighted by molar-refractivity contribution is 5.52. The molecule has 1 aromatic carbocycles. The molecule has 0 aromatic heterocycles. The molecule has 0 N–H and O–H groups in total. The quantitative estimate of drug-likeness (QED) is 0.556. The first kappa shape index (κ1) is 20.1. The molecule has 0 aliphatic heterocycles. The van der Waals surface area contributed by atoms with E-state index in [4.69, 9.17) is 4.74 Å². The molecule has 0 heterocycles. The van der Waals surface area contributed by atoms with Crippen molar-refractivity contribution in [3.63, 3.8) is 0 Å². The number of rotatable bonds is 1. The number of ether oxygens (including phenoxy) is 1. The van der Waals surface area contributed by atoms with Crippen LogP contribution in [0.25, 0.3) is 0 Å². The molecule has 1 aromatic rings. The normalized spacial score (nSPS) is 14.1. The molecule has 0 atom stereocenters. The number of hydrogen-bond donors (Lipinski definition) is 0. The van der Waals surface area contributed by atoms with Crippen molar-refractivity contribution in [2.45, 2.75) is 105 Å². The minimum atomic E-state index is -0.205. The lowest BCUT2D eigenvalue weighted by Crippen LogP contribution is -2.29. The molecule has 0 bridgehead atoms. The maximum Gasteiger partial charge on any atom is 0.127 e. The van der Waals surface area contributed by atoms with E-state index in [1.807, 2.05) is 0 Å². The van der Waals surface area contributed by atoms with Crippen LogP contribution in [0.2, 0.25) is 0 Å². The lowest BCUT2D eigenvalue weighted by molar-refractivity contribution is 0.124. The van der Waals surface area contributed by atoms with E-state index in [2.05, 4.69) is 95.2 Å². The summed E-state index contributed by atoms with van der Waals surface area (Å²) in [6.07, 6.45) is 0. The third-order valence-corrected chi connectivity index (χ3v) is 3.98. The zero-order valence-corrected chi connectivity index (χ0v) is 17.6. The van der Waals surface area contributed by atoms with Crippen molar-refractivity contribution >= 4 is 0 Å². The number of benzene rings is 1. The first-order valence-corrected chi connectivity index (χ1v) is 8.81. The molecule has 0 aliphatic rings. The zero-order valence-electron chi connectivity index (χ0n) is 17.6. The minimum Gasteiger partial charge on any atom is -0.488 e. The highest BCUT2D eigenvalue weighted by atomic mass is 16.5. The summed E-state index contributed by atoms with van der Waals surface area (Å²) in [6, 6.07) is 4.71. The average Bonchev–Trinajstić information content (AvgIpc) is 2.21. The maximum atomic E-state index is 6.48. The van der Waals surface area contributed by atoms with Gasteiger partial charge in [0.05, 0.1) is 0 Å². The molecule has 0 spiro atoms. The van der Waals surface area contributed by atoms with Crippen molar-refractivity contribution in [2.24, 2.45) is 0 Å². The lowest BCUT2D eigenvalue weighted by Gasteiger charge is -2.35. The maximum absolute atomic E-state index is 6.48. The zero-order chi connectivity index (χ0) is 18.4. The van der Waals surface area contributed by atoms with E-state index in [9.17, 15) is 0 Å². The Balaban J connectivity index is 3.82. The van der Waals surface area contributed by atoms with Crippen molar-refractivity contribution in [3.05, 3.63) is 28.8 Å². The van der Waals surface area contributed by atoms with Crippen LogP contribution in [-0.4, -0.2) is 5.60 Å². The van der Waals surface area contributed by atoms with Crippen LogP contribution in [0.5, 0.6) is 5.75 Å². The van der Waals surface area contributed by atoms with E-state index in [1.54, 1.807) is 0 Å². The highest BCUT2D eigenvalue weighted by Gasteiger charge is 2.31. The van der Waals surface area contributed by atoms with E-state index in [-0.39, 0.29) is 21.8 Å². The fraction of sp³-hybridized carbons (Fsp3) is 0.727. The minimum absolute atomic E-state index is 0.0435. The first-order chi connectivity index (χ1) is 9.93. The molecule has 1 heteroatoms. The molecule has 0 saturated heterocycles. The van der Waals surface area contributed by atoms with Gasteiger partial charge in [-0.1, -0.05) is 74.4 Å². The third-order valence-electron chi connectivity index (χ3n) is 3.98. The summed E-state index contributed by atoms with van der Waals surface area (Å²) in [5, 5.41) is 0. The van der Waals surface area contributed by atoms with Gasteiger partial charge in [-0.15, -0.1) is 0 Å². The van der Waals surface area contributed by atoms with Crippen molar-refractivity contribution in [1.82, 2.24) is 0 Å². The summed E-state index contributed by atoms with van der Waals surface area (Å²) in [6.45, 7) is 26.9. The molecule has 0 saturated carbocycles. The number of hydrogen-bond acceptors (Lipinski definition) is 1. The summed E-state index contributed by atoms with van der Waals surface area (Å²) < 4.78 is 6.48. The van der Waals surface area contributed by atoms with Crippen LogP contribution in [0.4, 0.5) is 0 Å². The van der Waals surface area contributed by atoms with Crippen LogP contribution in [0.3, 0.4) is 0 Å². The molecule has 23 heavy (non-hydrogen) atoms. The average molecular weight is 319 g/mol. The van der Waals surface area contributed by atoms with Crippen LogP contribution in [0, 0.1) is 0 Å². The van der Waals surface area contributed by atoms with Gasteiger partial charge in [0.15, 0.2) is 0 Å². The Labute approximate surface area is 144 Å². The Morgan fingerprint density at radius 2 is 0.913 bits per heavy atom. The van der Waals surface area contributed by atoms with E-state index in [1.165, 1.54) is 16.7 Å². The topological polar surface area (TPSA) is 9.23 Å². The van der Waals surface area contributed by atoms with Crippen LogP contribution in [0.1, 0.15) is 99.8 Å². The van der Waals surface area contributed by atoms with Gasteiger partial charge in [0, 0.05) is 11.1 Å². The highest BCUT2D eigenvalue weighted by Crippen LogP contribution is 2.44. The van der Waals surface area contributed by atoms with Gasteiger partial charge in [-0.2, -0.15) is 0 Å². The monoisotopic (exact) mass is 318 g/mol. The van der Waals surface area contributed by atoms with E-state index < -0.39 is 0 Å². The van der Waals surface area contributed by atoms with Crippen LogP contribution in [0.15, 0.2) is 12.1 Å².